The molecule has 0 spiro atoms. The van der Waals surface area contributed by atoms with Gasteiger partial charge in [0.15, 0.2) is 0 Å². The highest BCUT2D eigenvalue weighted by Crippen LogP contribution is 2.31. The Bertz CT molecular complexity index is 594. The van der Waals surface area contributed by atoms with Crippen molar-refractivity contribution in [2.45, 2.75) is 46.0 Å². The average Bonchev–Trinajstić information content (AvgIpc) is 2.35. The van der Waals surface area contributed by atoms with Crippen LogP contribution in [-0.2, 0) is 5.41 Å². The van der Waals surface area contributed by atoms with Crippen LogP contribution in [0.15, 0.2) is 24.3 Å². The molecule has 1 aromatic heterocycles. The van der Waals surface area contributed by atoms with Gasteiger partial charge in [0.25, 0.3) is 0 Å². The van der Waals surface area contributed by atoms with Gasteiger partial charge in [-0.1, -0.05) is 34.6 Å². The van der Waals surface area contributed by atoms with Gasteiger partial charge >= 0.3 is 0 Å². The monoisotopic (exact) mass is 257 g/mol. The van der Waals surface area contributed by atoms with Crippen LogP contribution in [0.5, 0.6) is 5.75 Å². The van der Waals surface area contributed by atoms with Crippen molar-refractivity contribution in [2.75, 3.05) is 7.11 Å². The lowest BCUT2D eigenvalue weighted by Gasteiger charge is -2.21. The Morgan fingerprint density at radius 1 is 1.11 bits per heavy atom. The lowest BCUT2D eigenvalue weighted by Crippen LogP contribution is -2.14. The molecule has 2 rings (SSSR count). The molecule has 0 aliphatic rings. The first-order chi connectivity index (χ1) is 8.82. The summed E-state index contributed by atoms with van der Waals surface area (Å²) in [4.78, 5) is 4.82. The van der Waals surface area contributed by atoms with Gasteiger partial charge in [-0.05, 0) is 29.7 Å². The molecule has 1 heterocycles. The van der Waals surface area contributed by atoms with Gasteiger partial charge in [-0.25, -0.2) is 0 Å². The van der Waals surface area contributed by atoms with E-state index in [0.717, 1.165) is 17.0 Å². The summed E-state index contributed by atoms with van der Waals surface area (Å²) in [6, 6.07) is 8.39. The maximum absolute atomic E-state index is 5.31. The molecule has 19 heavy (non-hydrogen) atoms. The van der Waals surface area contributed by atoms with Crippen molar-refractivity contribution < 1.29 is 4.74 Å². The van der Waals surface area contributed by atoms with Gasteiger partial charge in [0, 0.05) is 22.6 Å². The molecule has 0 unspecified atom stereocenters. The van der Waals surface area contributed by atoms with Crippen LogP contribution >= 0.6 is 0 Å². The fourth-order valence-electron chi connectivity index (χ4n) is 2.22. The molecule has 0 aliphatic carbocycles. The van der Waals surface area contributed by atoms with Gasteiger partial charge in [0.05, 0.1) is 12.6 Å². The first-order valence-corrected chi connectivity index (χ1v) is 6.82. The average molecular weight is 257 g/mol. The molecule has 102 valence electrons. The van der Waals surface area contributed by atoms with Crippen molar-refractivity contribution in [2.24, 2.45) is 0 Å². The van der Waals surface area contributed by atoms with Gasteiger partial charge in [-0.3, -0.25) is 4.98 Å². The third-order valence-electron chi connectivity index (χ3n) is 3.44. The van der Waals surface area contributed by atoms with Crippen molar-refractivity contribution in [1.29, 1.82) is 0 Å². The highest BCUT2D eigenvalue weighted by Gasteiger charge is 2.19. The second-order valence-corrected chi connectivity index (χ2v) is 6.38. The Labute approximate surface area is 115 Å². The van der Waals surface area contributed by atoms with Gasteiger partial charge in [0.2, 0.25) is 0 Å². The van der Waals surface area contributed by atoms with Crippen LogP contribution in [0.3, 0.4) is 0 Å². The minimum absolute atomic E-state index is 0.0565. The summed E-state index contributed by atoms with van der Waals surface area (Å²) >= 11 is 0. The molecule has 0 bridgehead atoms. The Balaban J connectivity index is 2.76. The van der Waals surface area contributed by atoms with Crippen LogP contribution in [0.4, 0.5) is 0 Å². The minimum Gasteiger partial charge on any atom is -0.497 e. The number of nitrogens with zero attached hydrogens (tertiary/aromatic N) is 1. The van der Waals surface area contributed by atoms with Gasteiger partial charge < -0.3 is 4.74 Å². The largest absolute Gasteiger partial charge is 0.497 e. The zero-order chi connectivity index (χ0) is 14.2. The normalized spacial score (nSPS) is 12.2. The standard InChI is InChI=1S/C17H23NO/c1-11(2)14-10-16(17(3,4)5)18-15-9-12(19-6)7-8-13(14)15/h7-11H,1-6H3. The number of aromatic nitrogens is 1. The zero-order valence-corrected chi connectivity index (χ0v) is 12.7. The molecular formula is C17H23NO. The maximum Gasteiger partial charge on any atom is 0.121 e. The molecule has 2 heteroatoms. The first-order valence-electron chi connectivity index (χ1n) is 6.82. The van der Waals surface area contributed by atoms with Crippen LogP contribution in [0.2, 0.25) is 0 Å². The first kappa shape index (κ1) is 13.9. The third kappa shape index (κ3) is 2.73. The molecule has 2 nitrogen and oxygen atoms in total. The molecule has 0 saturated heterocycles. The summed E-state index contributed by atoms with van der Waals surface area (Å²) in [6.45, 7) is 11.1. The van der Waals surface area contributed by atoms with Crippen LogP contribution in [0.1, 0.15) is 51.8 Å². The Morgan fingerprint density at radius 3 is 2.32 bits per heavy atom. The molecular weight excluding hydrogens is 234 g/mol. The van der Waals surface area contributed by atoms with Crippen molar-refractivity contribution in [3.63, 3.8) is 0 Å². The van der Waals surface area contributed by atoms with Crippen molar-refractivity contribution >= 4 is 10.9 Å². The maximum atomic E-state index is 5.31. The SMILES string of the molecule is COc1ccc2c(C(C)C)cc(C(C)(C)C)nc2c1. The van der Waals surface area contributed by atoms with E-state index < -0.39 is 0 Å². The summed E-state index contributed by atoms with van der Waals surface area (Å²) in [6.07, 6.45) is 0. The van der Waals surface area contributed by atoms with Crippen LogP contribution < -0.4 is 4.74 Å². The van der Waals surface area contributed by atoms with E-state index in [1.807, 2.05) is 12.1 Å². The molecule has 0 aliphatic heterocycles. The predicted molar refractivity (Wildman–Crippen MR) is 81.1 cm³/mol. The smallest absolute Gasteiger partial charge is 0.121 e. The number of ether oxygens (including phenoxy) is 1. The van der Waals surface area contributed by atoms with E-state index in [9.17, 15) is 0 Å². The predicted octanol–water partition coefficient (Wildman–Crippen LogP) is 4.66. The molecule has 0 fully saturated rings. The molecule has 2 aromatic rings. The van der Waals surface area contributed by atoms with E-state index in [-0.39, 0.29) is 5.41 Å². The van der Waals surface area contributed by atoms with Gasteiger partial charge in [0.1, 0.15) is 5.75 Å². The van der Waals surface area contributed by atoms with Crippen LogP contribution in [0.25, 0.3) is 10.9 Å². The van der Waals surface area contributed by atoms with Gasteiger partial charge in [-0.15, -0.1) is 0 Å². The summed E-state index contributed by atoms with van der Waals surface area (Å²) < 4.78 is 5.31. The van der Waals surface area contributed by atoms with E-state index in [2.05, 4.69) is 46.8 Å². The van der Waals surface area contributed by atoms with Crippen molar-refractivity contribution in [1.82, 2.24) is 4.98 Å². The summed E-state index contributed by atoms with van der Waals surface area (Å²) in [5.74, 6) is 1.35. The molecule has 0 N–H and O–H groups in total. The molecule has 0 radical (unpaired) electrons. The molecule has 1 aromatic carbocycles. The topological polar surface area (TPSA) is 22.1 Å². The van der Waals surface area contributed by atoms with Crippen LogP contribution in [0, 0.1) is 0 Å². The van der Waals surface area contributed by atoms with Crippen molar-refractivity contribution in [3.8, 4) is 5.75 Å². The molecule has 0 amide bonds. The van der Waals surface area contributed by atoms with E-state index in [4.69, 9.17) is 9.72 Å². The minimum atomic E-state index is 0.0565. The number of fused-ring (bicyclic) bond motifs is 1. The number of methoxy groups -OCH3 is 1. The number of benzene rings is 1. The fourth-order valence-corrected chi connectivity index (χ4v) is 2.22. The Hall–Kier alpha value is -1.57. The highest BCUT2D eigenvalue weighted by atomic mass is 16.5. The Morgan fingerprint density at radius 2 is 1.79 bits per heavy atom. The second kappa shape index (κ2) is 4.84. The number of pyridine rings is 1. The Kier molecular flexibility index (Phi) is 3.53. The van der Waals surface area contributed by atoms with Crippen molar-refractivity contribution in [3.05, 3.63) is 35.5 Å². The summed E-state index contributed by atoms with van der Waals surface area (Å²) in [5.41, 5.74) is 3.57. The summed E-state index contributed by atoms with van der Waals surface area (Å²) in [5, 5.41) is 1.23. The fraction of sp³-hybridized carbons (Fsp3) is 0.471. The third-order valence-corrected chi connectivity index (χ3v) is 3.44. The quantitative estimate of drug-likeness (QED) is 0.780. The van der Waals surface area contributed by atoms with E-state index in [1.54, 1.807) is 7.11 Å². The number of hydrogen-bond acceptors (Lipinski definition) is 2. The molecule has 0 saturated carbocycles. The van der Waals surface area contributed by atoms with E-state index in [1.165, 1.54) is 10.9 Å². The van der Waals surface area contributed by atoms with Gasteiger partial charge in [-0.2, -0.15) is 0 Å². The van der Waals surface area contributed by atoms with E-state index in [0.29, 0.717) is 5.92 Å². The second-order valence-electron chi connectivity index (χ2n) is 6.38. The zero-order valence-electron chi connectivity index (χ0n) is 12.7. The summed E-state index contributed by atoms with van der Waals surface area (Å²) in [7, 11) is 1.69. The highest BCUT2D eigenvalue weighted by molar-refractivity contribution is 5.84. The number of rotatable bonds is 2. The lowest BCUT2D eigenvalue weighted by molar-refractivity contribution is 0.415. The molecule has 0 atom stereocenters. The van der Waals surface area contributed by atoms with Crippen LogP contribution in [-0.4, -0.2) is 12.1 Å². The lowest BCUT2D eigenvalue weighted by atomic mass is 9.88. The van der Waals surface area contributed by atoms with E-state index >= 15 is 0 Å². The number of hydrogen-bond donors (Lipinski definition) is 0.